The molecule has 3 saturated carbocycles. The minimum absolute atomic E-state index is 0.0135. The minimum Gasteiger partial charge on any atom is -0.495 e. The second-order valence-corrected chi connectivity index (χ2v) is 16.3. The molecule has 3 fully saturated rings. The summed E-state index contributed by atoms with van der Waals surface area (Å²) >= 11 is 0. The molecule has 1 aromatic carbocycles. The van der Waals surface area contributed by atoms with Crippen LogP contribution in [0.4, 0.5) is 5.95 Å². The van der Waals surface area contributed by atoms with Crippen molar-refractivity contribution in [2.75, 3.05) is 20.0 Å². The van der Waals surface area contributed by atoms with Crippen LogP contribution < -0.4 is 19.9 Å². The van der Waals surface area contributed by atoms with E-state index >= 15 is 4.79 Å². The molecule has 7 rings (SSSR count). The number of esters is 1. The number of anilines is 1. The van der Waals surface area contributed by atoms with Crippen LogP contribution in [-0.4, -0.2) is 68.4 Å². The number of nitrogens with zero attached hydrogens (tertiary/aromatic N) is 3. The summed E-state index contributed by atoms with van der Waals surface area (Å²) in [7, 11) is 2.78. The Bertz CT molecular complexity index is 2000. The van der Waals surface area contributed by atoms with E-state index in [1.807, 2.05) is 52.8 Å². The van der Waals surface area contributed by atoms with E-state index in [4.69, 9.17) is 24.7 Å². The number of rotatable bonds is 11. The summed E-state index contributed by atoms with van der Waals surface area (Å²) in [6.45, 7) is 15.7. The van der Waals surface area contributed by atoms with Gasteiger partial charge in [-0.05, 0) is 85.3 Å². The highest BCUT2D eigenvalue weighted by molar-refractivity contribution is 6.10. The molecule has 2 aromatic rings. The number of hydrogen-bond donors (Lipinski definition) is 2. The van der Waals surface area contributed by atoms with E-state index in [1.54, 1.807) is 6.92 Å². The van der Waals surface area contributed by atoms with Gasteiger partial charge in [-0.1, -0.05) is 43.2 Å². The minimum atomic E-state index is -2.24. The molecule has 3 aliphatic carbocycles. The highest BCUT2D eigenvalue weighted by Gasteiger charge is 2.79. The molecular formula is C42H54N4O8. The standard InChI is InChI=1S/C42H54N4O8/c1-22(2)12-11-17-40(8)18-16-27-34(53-40)26(14-13-23(3)4)36-30(35(27)51-9)33(47)31-32(46-21-44-39(43)45-46)28-20-29(24(5)6)42(31,54-36)41(50,37(28)48)19-15-25(7)38(49)52-10/h12-13,15-16,18,21,24,28-29,31-32,50H,11,14,17,19-20H2,1-10H3,(H2,43,45)/b25-15-. The fraction of sp³-hybridized carbons (Fsp3) is 0.548. The van der Waals surface area contributed by atoms with Crippen LogP contribution in [0.5, 0.6) is 17.2 Å². The first-order valence-electron chi connectivity index (χ1n) is 18.8. The third kappa shape index (κ3) is 6.06. The number of benzene rings is 1. The zero-order chi connectivity index (χ0) is 39.5. The van der Waals surface area contributed by atoms with Gasteiger partial charge in [0.15, 0.2) is 22.8 Å². The lowest BCUT2D eigenvalue weighted by molar-refractivity contribution is -0.250. The van der Waals surface area contributed by atoms with Crippen LogP contribution in [0.15, 0.2) is 47.4 Å². The molecule has 1 aromatic heterocycles. The number of fused-ring (bicyclic) bond motifs is 4. The summed E-state index contributed by atoms with van der Waals surface area (Å²) in [5.41, 5.74) is 5.20. The van der Waals surface area contributed by atoms with Crippen LogP contribution in [-0.2, 0) is 20.7 Å². The van der Waals surface area contributed by atoms with Gasteiger partial charge >= 0.3 is 5.97 Å². The summed E-state index contributed by atoms with van der Waals surface area (Å²) in [5.74, 6) is -3.03. The maximum absolute atomic E-state index is 15.7. The molecule has 2 aliphatic heterocycles. The van der Waals surface area contributed by atoms with Crippen molar-refractivity contribution in [2.45, 2.75) is 110 Å². The predicted octanol–water partition coefficient (Wildman–Crippen LogP) is 6.58. The van der Waals surface area contributed by atoms with Gasteiger partial charge in [0.05, 0.1) is 31.7 Å². The molecule has 290 valence electrons. The van der Waals surface area contributed by atoms with Crippen molar-refractivity contribution in [3.63, 3.8) is 0 Å². The van der Waals surface area contributed by atoms with E-state index in [0.29, 0.717) is 41.9 Å². The highest BCUT2D eigenvalue weighted by atomic mass is 16.5. The van der Waals surface area contributed by atoms with E-state index < -0.39 is 52.4 Å². The Hall–Kier alpha value is -4.71. The molecule has 0 radical (unpaired) electrons. The van der Waals surface area contributed by atoms with Crippen LogP contribution in [0.1, 0.15) is 109 Å². The second-order valence-electron chi connectivity index (χ2n) is 16.3. The molecule has 3 N–H and O–H groups in total. The van der Waals surface area contributed by atoms with E-state index in [-0.39, 0.29) is 41.0 Å². The number of nitrogen functional groups attached to an aromatic ring is 1. The van der Waals surface area contributed by atoms with Crippen LogP contribution >= 0.6 is 0 Å². The average Bonchev–Trinajstić information content (AvgIpc) is 3.55. The number of nitrogens with two attached hydrogens (primary N) is 1. The van der Waals surface area contributed by atoms with Crippen molar-refractivity contribution in [1.29, 1.82) is 0 Å². The van der Waals surface area contributed by atoms with Gasteiger partial charge in [0.1, 0.15) is 34.7 Å². The largest absolute Gasteiger partial charge is 0.495 e. The topological polar surface area (TPSA) is 165 Å². The first kappa shape index (κ1) is 39.0. The molecule has 12 heteroatoms. The lowest BCUT2D eigenvalue weighted by Crippen LogP contribution is -2.81. The maximum atomic E-state index is 15.7. The second kappa shape index (κ2) is 14.2. The number of methoxy groups -OCH3 is 2. The van der Waals surface area contributed by atoms with E-state index in [9.17, 15) is 14.7 Å². The molecule has 7 unspecified atom stereocenters. The lowest BCUT2D eigenvalue weighted by atomic mass is 9.43. The summed E-state index contributed by atoms with van der Waals surface area (Å²) in [4.78, 5) is 47.4. The van der Waals surface area contributed by atoms with Crippen LogP contribution in [0.2, 0.25) is 0 Å². The molecule has 12 nitrogen and oxygen atoms in total. The number of hydrogen-bond acceptors (Lipinski definition) is 11. The fourth-order valence-corrected chi connectivity index (χ4v) is 9.24. The number of aromatic nitrogens is 3. The molecule has 7 atom stereocenters. The Morgan fingerprint density at radius 3 is 2.39 bits per heavy atom. The number of aliphatic hydroxyl groups is 1. The molecule has 0 saturated heterocycles. The third-order valence-electron chi connectivity index (χ3n) is 11.9. The Kier molecular flexibility index (Phi) is 10.2. The quantitative estimate of drug-likeness (QED) is 0.145. The normalized spacial score (nSPS) is 29.4. The van der Waals surface area contributed by atoms with Gasteiger partial charge in [0.25, 0.3) is 0 Å². The molecule has 2 bridgehead atoms. The molecular weight excluding hydrogens is 688 g/mol. The smallest absolute Gasteiger partial charge is 0.333 e. The fourth-order valence-electron chi connectivity index (χ4n) is 9.24. The lowest BCUT2D eigenvalue weighted by Gasteiger charge is -2.66. The Morgan fingerprint density at radius 1 is 1.09 bits per heavy atom. The van der Waals surface area contributed by atoms with Crippen LogP contribution in [0, 0.1) is 23.7 Å². The van der Waals surface area contributed by atoms with Gasteiger partial charge in [0, 0.05) is 29.4 Å². The molecule has 1 spiro atoms. The summed E-state index contributed by atoms with van der Waals surface area (Å²) < 4.78 is 26.9. The molecule has 3 heterocycles. The van der Waals surface area contributed by atoms with E-state index in [1.165, 1.54) is 36.9 Å². The van der Waals surface area contributed by atoms with Crippen molar-refractivity contribution < 1.29 is 38.4 Å². The maximum Gasteiger partial charge on any atom is 0.333 e. The monoisotopic (exact) mass is 742 g/mol. The van der Waals surface area contributed by atoms with Crippen molar-refractivity contribution in [3.8, 4) is 17.2 Å². The number of ether oxygens (including phenoxy) is 4. The number of allylic oxidation sites excluding steroid dienone is 4. The van der Waals surface area contributed by atoms with E-state index in [2.05, 4.69) is 30.0 Å². The van der Waals surface area contributed by atoms with Crippen molar-refractivity contribution >= 4 is 29.6 Å². The molecule has 5 aliphatic rings. The zero-order valence-corrected chi connectivity index (χ0v) is 33.1. The van der Waals surface area contributed by atoms with Gasteiger partial charge in [-0.3, -0.25) is 9.59 Å². The van der Waals surface area contributed by atoms with Gasteiger partial charge in [-0.2, -0.15) is 0 Å². The summed E-state index contributed by atoms with van der Waals surface area (Å²) in [6.07, 6.45) is 13.0. The Labute approximate surface area is 317 Å². The highest BCUT2D eigenvalue weighted by Crippen LogP contribution is 2.67. The van der Waals surface area contributed by atoms with E-state index in [0.717, 1.165) is 12.0 Å². The number of Topliss-reactive ketones (excluding diaryl/α,β-unsaturated/α-hetero) is 2. The average molecular weight is 743 g/mol. The first-order chi connectivity index (χ1) is 25.4. The molecule has 0 amide bonds. The number of carbonyl (C=O) groups excluding carboxylic acids is 3. The van der Waals surface area contributed by atoms with Gasteiger partial charge in [0.2, 0.25) is 5.95 Å². The number of ketones is 2. The van der Waals surface area contributed by atoms with Gasteiger partial charge in [-0.25, -0.2) is 14.5 Å². The Balaban J connectivity index is 1.67. The van der Waals surface area contributed by atoms with Crippen LogP contribution in [0.25, 0.3) is 6.08 Å². The van der Waals surface area contributed by atoms with Crippen molar-refractivity contribution in [3.05, 3.63) is 64.0 Å². The summed E-state index contributed by atoms with van der Waals surface area (Å²) in [5, 5.41) is 17.6. The van der Waals surface area contributed by atoms with Crippen LogP contribution in [0.3, 0.4) is 0 Å². The zero-order valence-electron chi connectivity index (χ0n) is 33.1. The molecule has 54 heavy (non-hydrogen) atoms. The first-order valence-corrected chi connectivity index (χ1v) is 18.8. The van der Waals surface area contributed by atoms with Crippen molar-refractivity contribution in [2.24, 2.45) is 23.7 Å². The third-order valence-corrected chi connectivity index (χ3v) is 11.9. The van der Waals surface area contributed by atoms with Crippen molar-refractivity contribution in [1.82, 2.24) is 14.8 Å². The predicted molar refractivity (Wildman–Crippen MR) is 204 cm³/mol. The Morgan fingerprint density at radius 2 is 1.80 bits per heavy atom. The van der Waals surface area contributed by atoms with Gasteiger partial charge in [-0.15, -0.1) is 5.10 Å². The SMILES string of the molecule is COC(=O)/C(C)=C\CC1(O)C(=O)C2CC(C(C)C)C13Oc1c(CC=C(C)C)c4c(c(OC)c1C(=O)C3C2n1cnc(N)n1)C=CC(C)(CCC=C(C)C)O4. The van der Waals surface area contributed by atoms with Gasteiger partial charge < -0.3 is 29.8 Å². The summed E-state index contributed by atoms with van der Waals surface area (Å²) in [6, 6.07) is -0.879. The number of carbonyl (C=O) groups is 3.